The van der Waals surface area contributed by atoms with Crippen molar-refractivity contribution >= 4 is 28.7 Å². The SMILES string of the molecule is CCCCCCCCSC(=O)Oc1cc(Cl)ncc1-c1ccccc1. The van der Waals surface area contributed by atoms with Gasteiger partial charge < -0.3 is 4.74 Å². The summed E-state index contributed by atoms with van der Waals surface area (Å²) in [5.41, 5.74) is 1.70. The normalized spacial score (nSPS) is 10.6. The summed E-state index contributed by atoms with van der Waals surface area (Å²) in [5.74, 6) is 1.23. The van der Waals surface area contributed by atoms with Crippen molar-refractivity contribution in [3.05, 3.63) is 47.7 Å². The molecule has 0 atom stereocenters. The van der Waals surface area contributed by atoms with Crippen LogP contribution in [0.3, 0.4) is 0 Å². The number of pyridine rings is 1. The number of aromatic nitrogens is 1. The molecule has 0 saturated heterocycles. The number of halogens is 1. The maximum atomic E-state index is 12.1. The van der Waals surface area contributed by atoms with Crippen molar-refractivity contribution in [3.8, 4) is 16.9 Å². The maximum absolute atomic E-state index is 12.1. The first kappa shape index (κ1) is 19.8. The molecule has 5 heteroatoms. The first-order valence-electron chi connectivity index (χ1n) is 8.76. The first-order valence-corrected chi connectivity index (χ1v) is 10.1. The molecule has 3 nitrogen and oxygen atoms in total. The molecule has 0 saturated carbocycles. The minimum Gasteiger partial charge on any atom is -0.418 e. The van der Waals surface area contributed by atoms with Crippen LogP contribution < -0.4 is 4.74 Å². The molecule has 0 spiro atoms. The lowest BCUT2D eigenvalue weighted by Crippen LogP contribution is -2.03. The van der Waals surface area contributed by atoms with Crippen molar-refractivity contribution < 1.29 is 9.53 Å². The number of hydrogen-bond acceptors (Lipinski definition) is 4. The summed E-state index contributed by atoms with van der Waals surface area (Å²) < 4.78 is 5.53. The number of rotatable bonds is 9. The molecule has 0 amide bonds. The van der Waals surface area contributed by atoms with Gasteiger partial charge in [0.2, 0.25) is 0 Å². The van der Waals surface area contributed by atoms with Crippen molar-refractivity contribution in [3.63, 3.8) is 0 Å². The van der Waals surface area contributed by atoms with Crippen LogP contribution in [0.5, 0.6) is 5.75 Å². The Bertz CT molecular complexity index is 664. The summed E-state index contributed by atoms with van der Waals surface area (Å²) in [6.07, 6.45) is 8.89. The molecule has 2 aromatic rings. The van der Waals surface area contributed by atoms with Crippen molar-refractivity contribution in [1.29, 1.82) is 0 Å². The molecule has 0 bridgehead atoms. The molecule has 2 rings (SSSR count). The Morgan fingerprint density at radius 3 is 2.60 bits per heavy atom. The van der Waals surface area contributed by atoms with Crippen LogP contribution in [-0.2, 0) is 0 Å². The summed E-state index contributed by atoms with van der Waals surface area (Å²) in [6, 6.07) is 11.3. The van der Waals surface area contributed by atoms with Gasteiger partial charge >= 0.3 is 5.30 Å². The molecule has 1 heterocycles. The molecule has 0 aliphatic heterocycles. The number of carbonyl (C=O) groups excluding carboxylic acids is 1. The van der Waals surface area contributed by atoms with Crippen LogP contribution >= 0.6 is 23.4 Å². The Kier molecular flexibility index (Phi) is 8.84. The molecule has 0 aliphatic carbocycles. The number of unbranched alkanes of at least 4 members (excludes halogenated alkanes) is 5. The Morgan fingerprint density at radius 2 is 1.84 bits per heavy atom. The van der Waals surface area contributed by atoms with Gasteiger partial charge in [0.1, 0.15) is 10.9 Å². The number of nitrogens with zero attached hydrogens (tertiary/aromatic N) is 1. The highest BCUT2D eigenvalue weighted by Gasteiger charge is 2.13. The van der Waals surface area contributed by atoms with Gasteiger partial charge in [-0.15, -0.1) is 0 Å². The molecular weight excluding hydrogens is 354 g/mol. The maximum Gasteiger partial charge on any atom is 0.372 e. The van der Waals surface area contributed by atoms with Gasteiger partial charge in [0.05, 0.1) is 0 Å². The monoisotopic (exact) mass is 377 g/mol. The van der Waals surface area contributed by atoms with Crippen LogP contribution in [0.2, 0.25) is 5.15 Å². The highest BCUT2D eigenvalue weighted by molar-refractivity contribution is 8.13. The molecule has 0 N–H and O–H groups in total. The smallest absolute Gasteiger partial charge is 0.372 e. The Balaban J connectivity index is 1.87. The second-order valence-corrected chi connectivity index (χ2v) is 7.26. The van der Waals surface area contributed by atoms with Crippen LogP contribution in [0.15, 0.2) is 42.6 Å². The van der Waals surface area contributed by atoms with Gasteiger partial charge in [0.15, 0.2) is 0 Å². The predicted octanol–water partition coefficient (Wildman–Crippen LogP) is 6.99. The average molecular weight is 378 g/mol. The largest absolute Gasteiger partial charge is 0.418 e. The highest BCUT2D eigenvalue weighted by Crippen LogP contribution is 2.32. The Morgan fingerprint density at radius 1 is 1.12 bits per heavy atom. The average Bonchev–Trinajstić information content (AvgIpc) is 2.62. The van der Waals surface area contributed by atoms with E-state index in [1.54, 1.807) is 12.3 Å². The second-order valence-electron chi connectivity index (χ2n) is 5.84. The summed E-state index contributed by atoms with van der Waals surface area (Å²) in [4.78, 5) is 16.2. The third kappa shape index (κ3) is 7.09. The fourth-order valence-corrected chi connectivity index (χ4v) is 3.30. The van der Waals surface area contributed by atoms with Gasteiger partial charge in [-0.1, -0.05) is 81.0 Å². The molecule has 134 valence electrons. The van der Waals surface area contributed by atoms with Crippen LogP contribution in [0.4, 0.5) is 4.79 Å². The first-order chi connectivity index (χ1) is 12.2. The third-order valence-electron chi connectivity index (χ3n) is 3.83. The van der Waals surface area contributed by atoms with E-state index >= 15 is 0 Å². The van der Waals surface area contributed by atoms with Crippen molar-refractivity contribution in [2.45, 2.75) is 45.4 Å². The molecular formula is C20H24ClNO2S. The zero-order chi connectivity index (χ0) is 17.9. The molecule has 0 radical (unpaired) electrons. The molecule has 0 fully saturated rings. The summed E-state index contributed by atoms with van der Waals surface area (Å²) in [7, 11) is 0. The number of hydrogen-bond donors (Lipinski definition) is 0. The fraction of sp³-hybridized carbons (Fsp3) is 0.400. The van der Waals surface area contributed by atoms with E-state index in [2.05, 4.69) is 11.9 Å². The van der Waals surface area contributed by atoms with Crippen molar-refractivity contribution in [2.24, 2.45) is 0 Å². The predicted molar refractivity (Wildman–Crippen MR) is 107 cm³/mol. The van der Waals surface area contributed by atoms with E-state index in [0.29, 0.717) is 10.9 Å². The summed E-state index contributed by atoms with van der Waals surface area (Å²) in [5, 5.41) is 0.0106. The quantitative estimate of drug-likeness (QED) is 0.268. The Labute approximate surface area is 159 Å². The molecule has 0 unspecified atom stereocenters. The zero-order valence-corrected chi connectivity index (χ0v) is 16.1. The number of benzene rings is 1. The fourth-order valence-electron chi connectivity index (χ4n) is 2.49. The minimum absolute atomic E-state index is 0.298. The van der Waals surface area contributed by atoms with E-state index in [-0.39, 0.29) is 5.30 Å². The van der Waals surface area contributed by atoms with Crippen LogP contribution in [-0.4, -0.2) is 16.0 Å². The van der Waals surface area contributed by atoms with Gasteiger partial charge in [-0.25, -0.2) is 9.78 Å². The lowest BCUT2D eigenvalue weighted by atomic mass is 10.1. The molecule has 25 heavy (non-hydrogen) atoms. The zero-order valence-electron chi connectivity index (χ0n) is 14.5. The number of thioether (sulfide) groups is 1. The van der Waals surface area contributed by atoms with E-state index in [9.17, 15) is 4.79 Å². The van der Waals surface area contributed by atoms with Crippen LogP contribution in [0.25, 0.3) is 11.1 Å². The minimum atomic E-state index is -0.298. The Hall–Kier alpha value is -1.52. The van der Waals surface area contributed by atoms with E-state index < -0.39 is 0 Å². The number of ether oxygens (including phenoxy) is 1. The van der Waals surface area contributed by atoms with Crippen LogP contribution in [0, 0.1) is 0 Å². The summed E-state index contributed by atoms with van der Waals surface area (Å²) >= 11 is 7.19. The van der Waals surface area contributed by atoms with E-state index in [1.807, 2.05) is 30.3 Å². The standard InChI is InChI=1S/C20H24ClNO2S/c1-2-3-4-5-6-10-13-25-20(23)24-18-14-19(21)22-15-17(18)16-11-8-7-9-12-16/h7-9,11-12,14-15H,2-6,10,13H2,1H3. The van der Waals surface area contributed by atoms with Crippen molar-refractivity contribution in [1.82, 2.24) is 4.98 Å². The van der Waals surface area contributed by atoms with E-state index in [4.69, 9.17) is 16.3 Å². The van der Waals surface area contributed by atoms with E-state index in [0.717, 1.165) is 29.7 Å². The summed E-state index contributed by atoms with van der Waals surface area (Å²) in [6.45, 7) is 2.21. The lowest BCUT2D eigenvalue weighted by molar-refractivity contribution is 0.227. The molecule has 1 aromatic carbocycles. The second kappa shape index (κ2) is 11.2. The number of carbonyl (C=O) groups is 1. The van der Waals surface area contributed by atoms with Gasteiger partial charge in [-0.05, 0) is 23.7 Å². The molecule has 0 aliphatic rings. The van der Waals surface area contributed by atoms with Crippen molar-refractivity contribution in [2.75, 3.05) is 5.75 Å². The van der Waals surface area contributed by atoms with Crippen LogP contribution in [0.1, 0.15) is 45.4 Å². The van der Waals surface area contributed by atoms with Gasteiger partial charge in [0.25, 0.3) is 0 Å². The van der Waals surface area contributed by atoms with Gasteiger partial charge in [-0.2, -0.15) is 0 Å². The van der Waals surface area contributed by atoms with Gasteiger partial charge in [-0.3, -0.25) is 0 Å². The third-order valence-corrected chi connectivity index (χ3v) is 4.85. The molecule has 1 aromatic heterocycles. The van der Waals surface area contributed by atoms with Gasteiger partial charge in [0, 0.05) is 23.6 Å². The van der Waals surface area contributed by atoms with E-state index in [1.165, 1.54) is 37.4 Å². The topological polar surface area (TPSA) is 39.2 Å². The highest BCUT2D eigenvalue weighted by atomic mass is 35.5. The lowest BCUT2D eigenvalue weighted by Gasteiger charge is -2.10.